The lowest BCUT2D eigenvalue weighted by Gasteiger charge is -2.22. The lowest BCUT2D eigenvalue weighted by molar-refractivity contribution is -0.148. The van der Waals surface area contributed by atoms with Gasteiger partial charge < -0.3 is 40.7 Å². The van der Waals surface area contributed by atoms with E-state index in [-0.39, 0.29) is 66.0 Å². The first kappa shape index (κ1) is 30.3. The number of hydrogen-bond donors (Lipinski definition) is 6. The highest BCUT2D eigenvalue weighted by Gasteiger charge is 2.44. The third-order valence-corrected chi connectivity index (χ3v) is 9.50. The number of nitrogens with one attached hydrogen (secondary N) is 2. The monoisotopic (exact) mass is 644 g/mol. The Morgan fingerprint density at radius 2 is 1.11 bits per heavy atom. The second-order valence-corrected chi connectivity index (χ2v) is 13.1. The van der Waals surface area contributed by atoms with Crippen LogP contribution in [0.1, 0.15) is 84.6 Å². The molecule has 47 heavy (non-hydrogen) atoms. The number of aromatic nitrogens is 2. The quantitative estimate of drug-likeness (QED) is 0.180. The minimum Gasteiger partial charge on any atom is -0.492 e. The fourth-order valence-electron chi connectivity index (χ4n) is 7.40. The molecule has 0 fully saturated rings. The zero-order chi connectivity index (χ0) is 33.1. The van der Waals surface area contributed by atoms with Gasteiger partial charge in [-0.05, 0) is 30.7 Å². The number of fused-ring (bicyclic) bond motifs is 10. The minimum atomic E-state index is -1.30. The molecule has 4 bridgehead atoms. The van der Waals surface area contributed by atoms with Crippen LogP contribution in [-0.4, -0.2) is 59.9 Å². The van der Waals surface area contributed by atoms with Gasteiger partial charge in [0.2, 0.25) is 23.5 Å². The Balaban J connectivity index is 1.08. The van der Waals surface area contributed by atoms with Crippen LogP contribution in [0.2, 0.25) is 0 Å². The number of allylic oxidation sites excluding steroid dienone is 4. The number of aromatic hydroxyl groups is 4. The van der Waals surface area contributed by atoms with Gasteiger partial charge in [0.05, 0.1) is 0 Å². The number of carbonyl (C=O) groups excluding carboxylic acids is 3. The smallest absolute Gasteiger partial charge is 0.355 e. The predicted molar refractivity (Wildman–Crippen MR) is 166 cm³/mol. The van der Waals surface area contributed by atoms with Crippen molar-refractivity contribution in [3.63, 3.8) is 0 Å². The maximum atomic E-state index is 13.5. The van der Waals surface area contributed by atoms with E-state index in [1.807, 2.05) is 38.2 Å². The third kappa shape index (κ3) is 5.15. The van der Waals surface area contributed by atoms with Crippen LogP contribution in [0.15, 0.2) is 54.6 Å². The van der Waals surface area contributed by atoms with E-state index in [1.54, 1.807) is 30.3 Å². The topological polar surface area (TPSA) is 185 Å². The lowest BCUT2D eigenvalue weighted by atomic mass is 10.0. The molecule has 0 spiro atoms. The van der Waals surface area contributed by atoms with Gasteiger partial charge in [-0.15, -0.1) is 9.46 Å². The number of carbonyl (C=O) groups is 3. The molecule has 13 nitrogen and oxygen atoms in total. The standard InChI is InChI=1S/C34H36N4O9/c1-16(2)12-22(32(43)46-37-28(39)24-18-8-9-19(14-18)25(24)29(37)40)35-34(45)36-23(13-17-6-4-3-5-7-17)33(44)47-38-30(41)26-20-10-11-21(15-20)27(26)31(38)42/h3-11,16,18-23,39-42H,12-15H2,1-2H3,(H2,35,36,45)/t18?,19?,20?,21?,22-,23+/m0/s1. The van der Waals surface area contributed by atoms with Crippen molar-refractivity contribution in [2.75, 3.05) is 0 Å². The number of amides is 2. The minimum absolute atomic E-state index is 0.00522. The second-order valence-electron chi connectivity index (χ2n) is 13.1. The summed E-state index contributed by atoms with van der Waals surface area (Å²) in [4.78, 5) is 51.1. The summed E-state index contributed by atoms with van der Waals surface area (Å²) in [6.45, 7) is 3.68. The highest BCUT2D eigenvalue weighted by atomic mass is 16.7. The normalized spacial score (nSPS) is 22.3. The number of nitrogens with zero attached hydrogens (tertiary/aromatic N) is 2. The Morgan fingerprint density at radius 1 is 0.702 bits per heavy atom. The molecule has 7 rings (SSSR count). The number of benzene rings is 1. The van der Waals surface area contributed by atoms with Crippen molar-refractivity contribution in [3.05, 3.63) is 82.5 Å². The summed E-state index contributed by atoms with van der Waals surface area (Å²) in [5, 5.41) is 48.4. The van der Waals surface area contributed by atoms with Crippen molar-refractivity contribution >= 4 is 18.0 Å². The Bertz CT molecular complexity index is 1750. The van der Waals surface area contributed by atoms with Gasteiger partial charge in [-0.25, -0.2) is 14.4 Å². The molecule has 4 aliphatic rings. The molecule has 4 unspecified atom stereocenters. The van der Waals surface area contributed by atoms with Gasteiger partial charge in [0.15, 0.2) is 0 Å². The highest BCUT2D eigenvalue weighted by Crippen LogP contribution is 2.57. The largest absolute Gasteiger partial charge is 0.492 e. The van der Waals surface area contributed by atoms with E-state index in [4.69, 9.17) is 9.68 Å². The van der Waals surface area contributed by atoms with E-state index in [9.17, 15) is 34.8 Å². The first-order chi connectivity index (χ1) is 22.5. The zero-order valence-corrected chi connectivity index (χ0v) is 25.8. The Morgan fingerprint density at radius 3 is 1.53 bits per heavy atom. The van der Waals surface area contributed by atoms with Crippen molar-refractivity contribution < 1.29 is 44.5 Å². The van der Waals surface area contributed by atoms with Gasteiger partial charge in [0.1, 0.15) is 12.1 Å². The first-order valence-electron chi connectivity index (χ1n) is 15.8. The van der Waals surface area contributed by atoms with Gasteiger partial charge in [-0.1, -0.05) is 68.5 Å². The van der Waals surface area contributed by atoms with Crippen molar-refractivity contribution in [1.29, 1.82) is 0 Å². The van der Waals surface area contributed by atoms with Crippen LogP contribution < -0.4 is 20.3 Å². The SMILES string of the molecule is CC(C)C[C@H](NC(=O)N[C@H](Cc1ccccc1)C(=O)On1c(O)c2c(c1O)C1C=CC2C1)C(=O)On1c(O)c2c(c1O)C1C=CC2C1. The van der Waals surface area contributed by atoms with Crippen LogP contribution in [0.25, 0.3) is 0 Å². The number of rotatable bonds is 10. The fraction of sp³-hybridized carbons (Fsp3) is 0.382. The average molecular weight is 645 g/mol. The summed E-state index contributed by atoms with van der Waals surface area (Å²) in [5.41, 5.74) is 2.75. The molecule has 3 aromatic rings. The maximum absolute atomic E-state index is 13.5. The van der Waals surface area contributed by atoms with Crippen LogP contribution in [0.4, 0.5) is 4.79 Å². The van der Waals surface area contributed by atoms with E-state index >= 15 is 0 Å². The van der Waals surface area contributed by atoms with E-state index in [1.165, 1.54) is 0 Å². The van der Waals surface area contributed by atoms with Crippen molar-refractivity contribution in [1.82, 2.24) is 20.1 Å². The fourth-order valence-corrected chi connectivity index (χ4v) is 7.40. The first-order valence-corrected chi connectivity index (χ1v) is 15.8. The van der Waals surface area contributed by atoms with Crippen LogP contribution >= 0.6 is 0 Å². The Labute approximate surface area is 269 Å². The molecule has 0 aliphatic heterocycles. The molecule has 4 aliphatic carbocycles. The summed E-state index contributed by atoms with van der Waals surface area (Å²) in [6, 6.07) is 5.45. The Kier molecular flexibility index (Phi) is 7.41. The van der Waals surface area contributed by atoms with Gasteiger partial charge in [-0.3, -0.25) is 0 Å². The van der Waals surface area contributed by atoms with Crippen LogP contribution in [0.3, 0.4) is 0 Å². The Hall–Kier alpha value is -5.33. The van der Waals surface area contributed by atoms with Gasteiger partial charge >= 0.3 is 18.0 Å². The van der Waals surface area contributed by atoms with Gasteiger partial charge in [0, 0.05) is 52.3 Å². The molecule has 2 aromatic heterocycles. The highest BCUT2D eigenvalue weighted by molar-refractivity contribution is 5.87. The van der Waals surface area contributed by atoms with Crippen LogP contribution in [-0.2, 0) is 16.0 Å². The molecule has 2 amide bonds. The number of hydrogen-bond acceptors (Lipinski definition) is 9. The summed E-state index contributed by atoms with van der Waals surface area (Å²) in [5.74, 6) is -3.82. The van der Waals surface area contributed by atoms with Crippen molar-refractivity contribution in [3.8, 4) is 23.5 Å². The summed E-state index contributed by atoms with van der Waals surface area (Å²) < 4.78 is 1.38. The van der Waals surface area contributed by atoms with Crippen molar-refractivity contribution in [2.45, 2.75) is 75.3 Å². The van der Waals surface area contributed by atoms with E-state index in [0.29, 0.717) is 37.3 Å². The summed E-state index contributed by atoms with van der Waals surface area (Å²) in [6.07, 6.45) is 9.35. The number of urea groups is 1. The molecule has 0 saturated carbocycles. The molecule has 2 heterocycles. The third-order valence-electron chi connectivity index (χ3n) is 9.50. The molecule has 1 aromatic carbocycles. The molecule has 6 atom stereocenters. The van der Waals surface area contributed by atoms with E-state index in [0.717, 1.165) is 12.8 Å². The van der Waals surface area contributed by atoms with Crippen LogP contribution in [0.5, 0.6) is 23.5 Å². The van der Waals surface area contributed by atoms with Gasteiger partial charge in [-0.2, -0.15) is 0 Å². The van der Waals surface area contributed by atoms with Crippen molar-refractivity contribution in [2.24, 2.45) is 5.92 Å². The lowest BCUT2D eigenvalue weighted by Crippen LogP contribution is -2.54. The zero-order valence-electron chi connectivity index (χ0n) is 25.8. The molecule has 0 radical (unpaired) electrons. The molecule has 246 valence electrons. The summed E-state index contributed by atoms with van der Waals surface area (Å²) >= 11 is 0. The van der Waals surface area contributed by atoms with E-state index < -0.39 is 30.1 Å². The molecular weight excluding hydrogens is 608 g/mol. The molecule has 6 N–H and O–H groups in total. The van der Waals surface area contributed by atoms with E-state index in [2.05, 4.69) is 10.6 Å². The maximum Gasteiger partial charge on any atom is 0.355 e. The second kappa shape index (κ2) is 11.5. The molecule has 0 saturated heterocycles. The molecular formula is C34H36N4O9. The predicted octanol–water partition coefficient (Wildman–Crippen LogP) is 3.33. The summed E-state index contributed by atoms with van der Waals surface area (Å²) in [7, 11) is 0. The average Bonchev–Trinajstić information content (AvgIpc) is 3.89. The van der Waals surface area contributed by atoms with Gasteiger partial charge in [0.25, 0.3) is 0 Å². The van der Waals surface area contributed by atoms with Crippen LogP contribution in [0, 0.1) is 5.92 Å². The molecule has 13 heteroatoms.